The Kier molecular flexibility index (Phi) is 3.15. The Morgan fingerprint density at radius 2 is 1.83 bits per heavy atom. The summed E-state index contributed by atoms with van der Waals surface area (Å²) in [4.78, 5) is 2.33. The van der Waals surface area contributed by atoms with Crippen molar-refractivity contribution >= 4 is 15.5 Å². The van der Waals surface area contributed by atoms with Crippen LogP contribution in [0.3, 0.4) is 0 Å². The first-order chi connectivity index (χ1) is 8.32. The van der Waals surface area contributed by atoms with Gasteiger partial charge in [0.15, 0.2) is 9.84 Å². The van der Waals surface area contributed by atoms with Crippen LogP contribution in [0.4, 0.5) is 5.69 Å². The third-order valence-electron chi connectivity index (χ3n) is 3.89. The zero-order valence-corrected chi connectivity index (χ0v) is 12.0. The summed E-state index contributed by atoms with van der Waals surface area (Å²) in [5, 5.41) is 8.64. The second kappa shape index (κ2) is 4.24. The molecule has 18 heavy (non-hydrogen) atoms. The molecule has 0 saturated heterocycles. The Bertz CT molecular complexity index is 580. The van der Waals surface area contributed by atoms with E-state index in [2.05, 4.69) is 0 Å². The average Bonchev–Trinajstić information content (AvgIpc) is 2.29. The lowest BCUT2D eigenvalue weighted by Crippen LogP contribution is -2.50. The number of hydrogen-bond donors (Lipinski definition) is 1. The number of nitrogens with zero attached hydrogens (tertiary/aromatic N) is 1. The normalized spacial score (nSPS) is 25.9. The summed E-state index contributed by atoms with van der Waals surface area (Å²) < 4.78 is 25.2. The molecule has 0 bridgehead atoms. The van der Waals surface area contributed by atoms with Gasteiger partial charge in [0.25, 0.3) is 0 Å². The van der Waals surface area contributed by atoms with Crippen molar-refractivity contribution in [2.24, 2.45) is 0 Å². The smallest absolute Gasteiger partial charge is 0.187 e. The lowest BCUT2D eigenvalue weighted by Gasteiger charge is -2.40. The first kappa shape index (κ1) is 13.4. The fourth-order valence-corrected chi connectivity index (χ4v) is 4.97. The summed E-state index contributed by atoms with van der Waals surface area (Å²) in [7, 11) is -1.58. The standard InChI is InChI=1S/C13H19NO3S/c1-8-5-6-9(2)13-12(8)14(4)10(3)11(7-15)18(13,16)17/h5-6,10-11,15H,7H2,1-4H3. The van der Waals surface area contributed by atoms with Gasteiger partial charge >= 0.3 is 0 Å². The van der Waals surface area contributed by atoms with Gasteiger partial charge in [0.05, 0.1) is 17.2 Å². The van der Waals surface area contributed by atoms with Gasteiger partial charge in [-0.1, -0.05) is 12.1 Å². The van der Waals surface area contributed by atoms with Crippen molar-refractivity contribution in [2.45, 2.75) is 37.0 Å². The lowest BCUT2D eigenvalue weighted by molar-refractivity contribution is 0.276. The number of sulfone groups is 1. The summed E-state index contributed by atoms with van der Waals surface area (Å²) in [6.07, 6.45) is 0. The van der Waals surface area contributed by atoms with Crippen molar-refractivity contribution in [1.29, 1.82) is 0 Å². The number of hydrogen-bond acceptors (Lipinski definition) is 4. The van der Waals surface area contributed by atoms with Crippen LogP contribution in [0, 0.1) is 13.8 Å². The third-order valence-corrected chi connectivity index (χ3v) is 6.32. The van der Waals surface area contributed by atoms with Crippen molar-refractivity contribution < 1.29 is 13.5 Å². The second-order valence-electron chi connectivity index (χ2n) is 4.99. The molecule has 4 nitrogen and oxygen atoms in total. The van der Waals surface area contributed by atoms with Crippen LogP contribution in [0.2, 0.25) is 0 Å². The Labute approximate surface area is 108 Å². The molecule has 0 fully saturated rings. The molecule has 0 amide bonds. The zero-order valence-electron chi connectivity index (χ0n) is 11.1. The minimum atomic E-state index is -3.46. The molecule has 1 aliphatic rings. The minimum absolute atomic E-state index is 0.229. The van der Waals surface area contributed by atoms with Crippen LogP contribution in [0.25, 0.3) is 0 Å². The number of fused-ring (bicyclic) bond motifs is 1. The van der Waals surface area contributed by atoms with Crippen molar-refractivity contribution in [1.82, 2.24) is 0 Å². The number of benzene rings is 1. The average molecular weight is 269 g/mol. The molecule has 2 unspecified atom stereocenters. The van der Waals surface area contributed by atoms with Crippen LogP contribution in [0.5, 0.6) is 0 Å². The van der Waals surface area contributed by atoms with E-state index in [9.17, 15) is 13.5 Å². The highest BCUT2D eigenvalue weighted by Crippen LogP contribution is 2.40. The molecule has 1 N–H and O–H groups in total. The van der Waals surface area contributed by atoms with Crippen LogP contribution in [-0.2, 0) is 9.84 Å². The van der Waals surface area contributed by atoms with Crippen molar-refractivity contribution in [3.8, 4) is 0 Å². The molecular weight excluding hydrogens is 250 g/mol. The predicted molar refractivity (Wildman–Crippen MR) is 71.8 cm³/mol. The minimum Gasteiger partial charge on any atom is -0.395 e. The molecule has 5 heteroatoms. The van der Waals surface area contributed by atoms with Crippen LogP contribution in [0.15, 0.2) is 17.0 Å². The van der Waals surface area contributed by atoms with Crippen LogP contribution < -0.4 is 4.90 Å². The van der Waals surface area contributed by atoms with E-state index in [-0.39, 0.29) is 12.6 Å². The van der Waals surface area contributed by atoms with E-state index >= 15 is 0 Å². The van der Waals surface area contributed by atoms with E-state index in [1.165, 1.54) is 0 Å². The molecule has 0 spiro atoms. The maximum Gasteiger partial charge on any atom is 0.187 e. The molecule has 0 radical (unpaired) electrons. The van der Waals surface area contributed by atoms with Crippen LogP contribution in [0.1, 0.15) is 18.1 Å². The molecule has 1 heterocycles. The number of anilines is 1. The van der Waals surface area contributed by atoms with E-state index in [4.69, 9.17) is 0 Å². The maximum absolute atomic E-state index is 12.6. The number of aliphatic hydroxyl groups is 1. The SMILES string of the molecule is Cc1ccc(C)c2c1N(C)C(C)C(CO)S2(=O)=O. The van der Waals surface area contributed by atoms with Crippen LogP contribution >= 0.6 is 0 Å². The first-order valence-electron chi connectivity index (χ1n) is 6.00. The van der Waals surface area contributed by atoms with E-state index in [1.807, 2.05) is 37.9 Å². The van der Waals surface area contributed by atoms with E-state index < -0.39 is 15.1 Å². The van der Waals surface area contributed by atoms with Gasteiger partial charge in [-0.25, -0.2) is 8.42 Å². The number of aryl methyl sites for hydroxylation is 2. The summed E-state index contributed by atoms with van der Waals surface area (Å²) in [5.41, 5.74) is 2.46. The molecular formula is C13H19NO3S. The molecule has 1 aromatic carbocycles. The molecule has 0 saturated carbocycles. The summed E-state index contributed by atoms with van der Waals surface area (Å²) >= 11 is 0. The highest BCUT2D eigenvalue weighted by atomic mass is 32.2. The van der Waals surface area contributed by atoms with Gasteiger partial charge in [0.2, 0.25) is 0 Å². The zero-order chi connectivity index (χ0) is 13.7. The maximum atomic E-state index is 12.6. The topological polar surface area (TPSA) is 57.6 Å². The van der Waals surface area contributed by atoms with Gasteiger partial charge in [-0.2, -0.15) is 0 Å². The van der Waals surface area contributed by atoms with Gasteiger partial charge < -0.3 is 10.0 Å². The Balaban J connectivity index is 2.83. The second-order valence-corrected chi connectivity index (χ2v) is 7.10. The van der Waals surface area contributed by atoms with Gasteiger partial charge in [-0.3, -0.25) is 0 Å². The highest BCUT2D eigenvalue weighted by molar-refractivity contribution is 7.92. The van der Waals surface area contributed by atoms with Crippen molar-refractivity contribution in [3.63, 3.8) is 0 Å². The van der Waals surface area contributed by atoms with Gasteiger partial charge in [0.1, 0.15) is 5.25 Å². The quantitative estimate of drug-likeness (QED) is 0.834. The summed E-state index contributed by atoms with van der Waals surface area (Å²) in [6.45, 7) is 5.20. The van der Waals surface area contributed by atoms with E-state index in [0.717, 1.165) is 16.8 Å². The van der Waals surface area contributed by atoms with Crippen molar-refractivity contribution in [2.75, 3.05) is 18.6 Å². The molecule has 1 aromatic rings. The Morgan fingerprint density at radius 1 is 1.28 bits per heavy atom. The third kappa shape index (κ3) is 1.65. The van der Waals surface area contributed by atoms with Crippen molar-refractivity contribution in [3.05, 3.63) is 23.3 Å². The Hall–Kier alpha value is -1.07. The van der Waals surface area contributed by atoms with Gasteiger partial charge in [-0.05, 0) is 31.9 Å². The fraction of sp³-hybridized carbons (Fsp3) is 0.538. The van der Waals surface area contributed by atoms with E-state index in [0.29, 0.717) is 4.90 Å². The van der Waals surface area contributed by atoms with Crippen LogP contribution in [-0.4, -0.2) is 38.5 Å². The molecule has 0 aliphatic carbocycles. The Morgan fingerprint density at radius 3 is 2.39 bits per heavy atom. The predicted octanol–water partition coefficient (Wildman–Crippen LogP) is 1.28. The van der Waals surface area contributed by atoms with Gasteiger partial charge in [0, 0.05) is 13.1 Å². The molecule has 2 atom stereocenters. The molecule has 2 rings (SSSR count). The number of aliphatic hydroxyl groups excluding tert-OH is 1. The van der Waals surface area contributed by atoms with E-state index in [1.54, 1.807) is 6.92 Å². The van der Waals surface area contributed by atoms with Gasteiger partial charge in [-0.15, -0.1) is 0 Å². The largest absolute Gasteiger partial charge is 0.395 e. The summed E-state index contributed by atoms with van der Waals surface area (Å²) in [6, 6.07) is 3.53. The molecule has 100 valence electrons. The monoisotopic (exact) mass is 269 g/mol. The fourth-order valence-electron chi connectivity index (χ4n) is 2.68. The lowest BCUT2D eigenvalue weighted by atomic mass is 10.1. The number of rotatable bonds is 1. The first-order valence-corrected chi connectivity index (χ1v) is 7.54. The summed E-state index contributed by atoms with van der Waals surface area (Å²) in [5.74, 6) is 0. The highest BCUT2D eigenvalue weighted by Gasteiger charge is 2.42. The molecule has 1 aliphatic heterocycles. The molecule has 0 aromatic heterocycles.